The van der Waals surface area contributed by atoms with Crippen LogP contribution in [-0.4, -0.2) is 39.4 Å². The van der Waals surface area contributed by atoms with Crippen LogP contribution in [0, 0.1) is 5.81 Å². The molecule has 0 spiro atoms. The van der Waals surface area contributed by atoms with Crippen LogP contribution in [0.15, 0.2) is 40.5 Å². The van der Waals surface area contributed by atoms with E-state index >= 15 is 0 Å². The monoisotopic (exact) mass is 407 g/mol. The third-order valence-electron chi connectivity index (χ3n) is 3.55. The van der Waals surface area contributed by atoms with Gasteiger partial charge in [0.15, 0.2) is 0 Å². The maximum atomic E-state index is 13.1. The number of fused-ring (bicyclic) bond motifs is 1. The average Bonchev–Trinajstić information content (AvgIpc) is 3.08. The van der Waals surface area contributed by atoms with Gasteiger partial charge in [0.1, 0.15) is 5.75 Å². The van der Waals surface area contributed by atoms with E-state index in [1.54, 1.807) is 11.7 Å². The fourth-order valence-corrected chi connectivity index (χ4v) is 3.39. The van der Waals surface area contributed by atoms with E-state index in [1.807, 2.05) is 24.3 Å². The zero-order valence-corrected chi connectivity index (χ0v) is 15.9. The molecule has 8 nitrogen and oxygen atoms in total. The van der Waals surface area contributed by atoms with Crippen molar-refractivity contribution >= 4 is 36.8 Å². The number of halogens is 1. The molecule has 1 atom stereocenters. The summed E-state index contributed by atoms with van der Waals surface area (Å²) in [5.74, 6) is 2.92. The van der Waals surface area contributed by atoms with Gasteiger partial charge in [-0.15, -0.1) is 0 Å². The molecule has 11 heteroatoms. The molecule has 27 heavy (non-hydrogen) atoms. The number of hydrogen-bond acceptors (Lipinski definition) is 8. The summed E-state index contributed by atoms with van der Waals surface area (Å²) < 4.78 is 35.2. The number of imidazole rings is 1. The molecule has 0 aliphatic rings. The summed E-state index contributed by atoms with van der Waals surface area (Å²) in [4.78, 5) is 13.7. The first-order chi connectivity index (χ1) is 13.1. The van der Waals surface area contributed by atoms with Crippen LogP contribution in [0.3, 0.4) is 0 Å². The van der Waals surface area contributed by atoms with E-state index in [4.69, 9.17) is 15.2 Å². The van der Waals surface area contributed by atoms with Crippen molar-refractivity contribution in [2.45, 2.75) is 22.6 Å². The van der Waals surface area contributed by atoms with Gasteiger partial charge >= 0.3 is 141 Å². The summed E-state index contributed by atoms with van der Waals surface area (Å²) in [5, 5.41) is 0.579. The van der Waals surface area contributed by atoms with E-state index in [2.05, 4.69) is 20.8 Å². The first kappa shape index (κ1) is 19.4. The van der Waals surface area contributed by atoms with E-state index in [1.165, 1.54) is 18.1 Å². The molecule has 140 valence electrons. The number of methoxy groups -OCH3 is 1. The van der Waals surface area contributed by atoms with Crippen molar-refractivity contribution in [3.05, 3.63) is 30.6 Å². The predicted molar refractivity (Wildman–Crippen MR) is 99.2 cm³/mol. The van der Waals surface area contributed by atoms with Crippen LogP contribution in [0.5, 0.6) is 5.75 Å². The molecule has 0 aliphatic heterocycles. The number of nitrogens with zero attached hydrogens (tertiary/aromatic N) is 4. The Kier molecular flexibility index (Phi) is 6.47. The molecule has 2 heterocycles. The van der Waals surface area contributed by atoms with Crippen LogP contribution in [0.2, 0.25) is 0 Å². The van der Waals surface area contributed by atoms with Crippen molar-refractivity contribution in [3.8, 4) is 11.6 Å². The number of hydrogen-bond donors (Lipinski definition) is 1. The van der Waals surface area contributed by atoms with Gasteiger partial charge in [-0.05, 0) is 0 Å². The van der Waals surface area contributed by atoms with Crippen LogP contribution >= 0.6 is 19.7 Å². The number of rotatable bonds is 7. The minimum atomic E-state index is -0.863. The van der Waals surface area contributed by atoms with Crippen molar-refractivity contribution in [1.82, 2.24) is 19.5 Å². The van der Waals surface area contributed by atoms with Crippen LogP contribution in [-0.2, 0) is 15.8 Å². The Hall–Kier alpha value is -2.38. The van der Waals surface area contributed by atoms with Gasteiger partial charge < -0.3 is 4.74 Å². The Morgan fingerprint density at radius 3 is 2.81 bits per heavy atom. The van der Waals surface area contributed by atoms with Crippen LogP contribution in [0.1, 0.15) is 0 Å². The van der Waals surface area contributed by atoms with Crippen LogP contribution in [0.4, 0.5) is 10.3 Å². The molecule has 0 radical (unpaired) electrons. The van der Waals surface area contributed by atoms with Crippen LogP contribution < -0.4 is 10.5 Å². The first-order valence-electron chi connectivity index (χ1n) is 7.73. The number of benzene rings is 1. The number of anilines is 1. The standard InChI is InChI=1S/C16H15FN5O3PS/c1-24-10-2-4-12(5-3-10)27-15-13-14(20-16(18)21-15)22(8-19-13)7-11(6-17)25-9-26-23/h2-5,8,11H,6-7H2,1H3,(H2,18,20,21)/t11-/m1/s1. The zero-order valence-electron chi connectivity index (χ0n) is 14.2. The van der Waals surface area contributed by atoms with Crippen molar-refractivity contribution in [2.24, 2.45) is 0 Å². The Bertz CT molecular complexity index is 1040. The summed E-state index contributed by atoms with van der Waals surface area (Å²) in [7, 11) is 1.16. The second-order valence-corrected chi connectivity index (χ2v) is 6.74. The molecule has 0 unspecified atom stereocenters. The van der Waals surface area contributed by atoms with Gasteiger partial charge in [-0.3, -0.25) is 0 Å². The second-order valence-electron chi connectivity index (χ2n) is 5.31. The first-order valence-corrected chi connectivity index (χ1v) is 9.36. The Morgan fingerprint density at radius 1 is 1.37 bits per heavy atom. The zero-order chi connectivity index (χ0) is 19.2. The number of nitrogens with two attached hydrogens (primary N) is 1. The molecule has 0 saturated carbocycles. The van der Waals surface area contributed by atoms with E-state index in [0.717, 1.165) is 10.6 Å². The summed E-state index contributed by atoms with van der Waals surface area (Å²) in [6, 6.07) is 7.47. The maximum absolute atomic E-state index is 13.1. The topological polar surface area (TPSA) is 105 Å². The molecule has 0 aliphatic carbocycles. The molecule has 0 saturated heterocycles. The molecule has 2 aromatic heterocycles. The Labute approximate surface area is 159 Å². The molecule has 3 aromatic rings. The number of aromatic nitrogens is 4. The molecule has 3 rings (SSSR count). The minimum absolute atomic E-state index is 0.0779. The van der Waals surface area contributed by atoms with Gasteiger partial charge in [-0.25, -0.2) is 0 Å². The van der Waals surface area contributed by atoms with E-state index < -0.39 is 20.7 Å². The van der Waals surface area contributed by atoms with Gasteiger partial charge in [-0.1, -0.05) is 0 Å². The van der Waals surface area contributed by atoms with Gasteiger partial charge in [0.05, 0.1) is 7.11 Å². The van der Waals surface area contributed by atoms with Crippen LogP contribution in [0.25, 0.3) is 11.2 Å². The molecular formula is C16H15FN5O3PS. The third-order valence-corrected chi connectivity index (χ3v) is 4.72. The van der Waals surface area contributed by atoms with Crippen molar-refractivity contribution in [3.63, 3.8) is 0 Å². The van der Waals surface area contributed by atoms with E-state index in [0.29, 0.717) is 16.2 Å². The number of ether oxygens (including phenoxy) is 2. The van der Waals surface area contributed by atoms with Gasteiger partial charge in [-0.2, -0.15) is 0 Å². The fraction of sp³-hybridized carbons (Fsp3) is 0.250. The molecule has 0 fully saturated rings. The normalized spacial score (nSPS) is 11.9. The number of nitrogen functional groups attached to an aromatic ring is 1. The van der Waals surface area contributed by atoms with E-state index in [9.17, 15) is 8.96 Å². The van der Waals surface area contributed by atoms with Gasteiger partial charge in [0.25, 0.3) is 0 Å². The molecular weight excluding hydrogens is 392 g/mol. The second kappa shape index (κ2) is 9.01. The predicted octanol–water partition coefficient (Wildman–Crippen LogP) is 3.13. The quantitative estimate of drug-likeness (QED) is 0.470. The molecule has 0 bridgehead atoms. The Balaban J connectivity index is 1.91. The Morgan fingerprint density at radius 2 is 2.15 bits per heavy atom. The molecule has 1 aromatic carbocycles. The summed E-state index contributed by atoms with van der Waals surface area (Å²) >= 11 is 1.38. The molecule has 0 amide bonds. The fourth-order valence-electron chi connectivity index (χ4n) is 2.33. The van der Waals surface area contributed by atoms with Gasteiger partial charge in [0.2, 0.25) is 0 Å². The van der Waals surface area contributed by atoms with Gasteiger partial charge in [0, 0.05) is 0 Å². The SMILES string of the molecule is COc1ccc(Sc2nc(N)nc3c2ncn3C[C@@H](CF)OC#P=O)cc1. The third kappa shape index (κ3) is 4.67. The molecule has 2 N–H and O–H groups in total. The van der Waals surface area contributed by atoms with Crippen molar-refractivity contribution in [2.75, 3.05) is 19.5 Å². The number of alkyl halides is 1. The summed E-state index contributed by atoms with van der Waals surface area (Å²) in [5.41, 5.74) is 6.84. The van der Waals surface area contributed by atoms with E-state index in [-0.39, 0.29) is 12.5 Å². The van der Waals surface area contributed by atoms with Crippen molar-refractivity contribution in [1.29, 1.82) is 0 Å². The average molecular weight is 407 g/mol. The summed E-state index contributed by atoms with van der Waals surface area (Å²) in [6.45, 7) is -0.672. The van der Waals surface area contributed by atoms with Crippen molar-refractivity contribution < 1.29 is 18.4 Å². The summed E-state index contributed by atoms with van der Waals surface area (Å²) in [6.07, 6.45) is 0.648.